The van der Waals surface area contributed by atoms with E-state index in [-0.39, 0.29) is 0 Å². The first kappa shape index (κ1) is 14.8. The molecule has 1 aliphatic carbocycles. The summed E-state index contributed by atoms with van der Waals surface area (Å²) in [5.41, 5.74) is 4.28. The van der Waals surface area contributed by atoms with E-state index in [1.165, 1.54) is 18.4 Å². The van der Waals surface area contributed by atoms with Gasteiger partial charge in [0.05, 0.1) is 0 Å². The minimum absolute atomic E-state index is 0.415. The van der Waals surface area contributed by atoms with E-state index in [4.69, 9.17) is 23.2 Å². The maximum atomic E-state index is 6.41. The van der Waals surface area contributed by atoms with Crippen molar-refractivity contribution in [3.05, 3.63) is 45.2 Å². The number of hydrogen-bond donors (Lipinski definition) is 0. The second kappa shape index (κ2) is 5.94. The summed E-state index contributed by atoms with van der Waals surface area (Å²) in [5.74, 6) is 1.03. The van der Waals surface area contributed by atoms with Gasteiger partial charge >= 0.3 is 0 Å². The molecular formula is C17H18Cl2N2. The summed E-state index contributed by atoms with van der Waals surface area (Å²) < 4.78 is 0. The van der Waals surface area contributed by atoms with Crippen molar-refractivity contribution in [3.63, 3.8) is 0 Å². The van der Waals surface area contributed by atoms with Crippen molar-refractivity contribution in [2.24, 2.45) is 0 Å². The Kier molecular flexibility index (Phi) is 4.19. The fourth-order valence-corrected chi connectivity index (χ4v) is 3.85. The molecule has 2 nitrogen and oxygen atoms in total. The van der Waals surface area contributed by atoms with Gasteiger partial charge in [0.25, 0.3) is 0 Å². The zero-order valence-electron chi connectivity index (χ0n) is 12.3. The molecule has 110 valence electrons. The van der Waals surface area contributed by atoms with Gasteiger partial charge in [0.1, 0.15) is 10.3 Å². The van der Waals surface area contributed by atoms with Gasteiger partial charge in [-0.15, -0.1) is 0 Å². The van der Waals surface area contributed by atoms with Crippen molar-refractivity contribution in [1.82, 2.24) is 9.97 Å². The minimum atomic E-state index is 0.415. The van der Waals surface area contributed by atoms with Gasteiger partial charge in [-0.05, 0) is 38.2 Å². The smallest absolute Gasteiger partial charge is 0.162 e. The zero-order chi connectivity index (χ0) is 15.0. The molecule has 2 aromatic rings. The van der Waals surface area contributed by atoms with Crippen molar-refractivity contribution in [2.75, 3.05) is 0 Å². The fourth-order valence-electron chi connectivity index (χ4n) is 3.15. The molecule has 1 fully saturated rings. The van der Waals surface area contributed by atoms with Crippen LogP contribution in [-0.2, 0) is 0 Å². The van der Waals surface area contributed by atoms with E-state index >= 15 is 0 Å². The normalized spacial score (nSPS) is 15.6. The van der Waals surface area contributed by atoms with Crippen LogP contribution in [0.3, 0.4) is 0 Å². The molecule has 1 heterocycles. The maximum Gasteiger partial charge on any atom is 0.162 e. The number of hydrogen-bond acceptors (Lipinski definition) is 2. The Morgan fingerprint density at radius 1 is 1.00 bits per heavy atom. The standard InChI is InChI=1S/C17H18Cl2N2/c1-10-7-8-13(11(2)9-10)17-20-15(18)14(16(19)21-17)12-5-3-4-6-12/h7-9,12H,3-6H2,1-2H3. The average Bonchev–Trinajstić information content (AvgIpc) is 2.91. The lowest BCUT2D eigenvalue weighted by atomic mass is 10.0. The molecule has 0 N–H and O–H groups in total. The van der Waals surface area contributed by atoms with Gasteiger partial charge in [0.15, 0.2) is 5.82 Å². The van der Waals surface area contributed by atoms with Gasteiger partial charge in [-0.3, -0.25) is 0 Å². The van der Waals surface area contributed by atoms with Crippen LogP contribution in [0.1, 0.15) is 48.3 Å². The highest BCUT2D eigenvalue weighted by Gasteiger charge is 2.24. The van der Waals surface area contributed by atoms with Gasteiger partial charge in [0, 0.05) is 11.1 Å². The monoisotopic (exact) mass is 320 g/mol. The van der Waals surface area contributed by atoms with Crippen LogP contribution in [0.5, 0.6) is 0 Å². The molecule has 0 saturated heterocycles. The Labute approximate surface area is 135 Å². The van der Waals surface area contributed by atoms with E-state index in [1.807, 2.05) is 6.07 Å². The molecule has 21 heavy (non-hydrogen) atoms. The molecule has 0 amide bonds. The van der Waals surface area contributed by atoms with Crippen molar-refractivity contribution in [1.29, 1.82) is 0 Å². The topological polar surface area (TPSA) is 25.8 Å². The van der Waals surface area contributed by atoms with Crippen molar-refractivity contribution in [3.8, 4) is 11.4 Å². The third kappa shape index (κ3) is 2.93. The predicted octanol–water partition coefficient (Wildman–Crippen LogP) is 5.72. The molecule has 4 heteroatoms. The lowest BCUT2D eigenvalue weighted by Crippen LogP contribution is -2.02. The van der Waals surface area contributed by atoms with Crippen LogP contribution in [0.15, 0.2) is 18.2 Å². The van der Waals surface area contributed by atoms with Crippen LogP contribution < -0.4 is 0 Å². The molecule has 1 aromatic heterocycles. The first-order valence-electron chi connectivity index (χ1n) is 7.37. The van der Waals surface area contributed by atoms with Gasteiger partial charge in [-0.1, -0.05) is 59.8 Å². The lowest BCUT2D eigenvalue weighted by molar-refractivity contribution is 0.715. The van der Waals surface area contributed by atoms with Crippen molar-refractivity contribution < 1.29 is 0 Å². The Hall–Kier alpha value is -1.12. The van der Waals surface area contributed by atoms with E-state index < -0.39 is 0 Å². The van der Waals surface area contributed by atoms with E-state index in [0.717, 1.165) is 29.5 Å². The molecular weight excluding hydrogens is 303 g/mol. The third-order valence-electron chi connectivity index (χ3n) is 4.24. The molecule has 0 atom stereocenters. The summed E-state index contributed by atoms with van der Waals surface area (Å²) >= 11 is 12.8. The van der Waals surface area contributed by atoms with Gasteiger partial charge < -0.3 is 0 Å². The second-order valence-corrected chi connectivity index (χ2v) is 6.56. The van der Waals surface area contributed by atoms with E-state index in [1.54, 1.807) is 0 Å². The summed E-state index contributed by atoms with van der Waals surface area (Å²) in [6.45, 7) is 4.12. The number of halogens is 2. The first-order chi connectivity index (χ1) is 10.1. The molecule has 0 aliphatic heterocycles. The largest absolute Gasteiger partial charge is 0.216 e. The SMILES string of the molecule is Cc1ccc(-c2nc(Cl)c(C3CCCC3)c(Cl)n2)c(C)c1. The summed E-state index contributed by atoms with van der Waals surface area (Å²) in [6.07, 6.45) is 4.73. The van der Waals surface area contributed by atoms with Crippen LogP contribution in [0.25, 0.3) is 11.4 Å². The molecule has 0 spiro atoms. The van der Waals surface area contributed by atoms with Gasteiger partial charge in [-0.25, -0.2) is 9.97 Å². The Morgan fingerprint density at radius 2 is 1.62 bits per heavy atom. The molecule has 0 bridgehead atoms. The Morgan fingerprint density at radius 3 is 2.19 bits per heavy atom. The second-order valence-electron chi connectivity index (χ2n) is 5.84. The Bertz CT molecular complexity index is 653. The van der Waals surface area contributed by atoms with Crippen LogP contribution in [0.2, 0.25) is 10.3 Å². The summed E-state index contributed by atoms with van der Waals surface area (Å²) in [4.78, 5) is 9.02. The molecule has 0 unspecified atom stereocenters. The van der Waals surface area contributed by atoms with E-state index in [2.05, 4.69) is 35.9 Å². The van der Waals surface area contributed by atoms with Crippen molar-refractivity contribution in [2.45, 2.75) is 45.4 Å². The zero-order valence-corrected chi connectivity index (χ0v) is 13.8. The number of rotatable bonds is 2. The summed E-state index contributed by atoms with van der Waals surface area (Å²) in [5, 5.41) is 1.02. The highest BCUT2D eigenvalue weighted by molar-refractivity contribution is 6.34. The van der Waals surface area contributed by atoms with Crippen LogP contribution >= 0.6 is 23.2 Å². The van der Waals surface area contributed by atoms with Crippen LogP contribution in [0, 0.1) is 13.8 Å². The molecule has 1 saturated carbocycles. The highest BCUT2D eigenvalue weighted by Crippen LogP contribution is 2.40. The first-order valence-corrected chi connectivity index (χ1v) is 8.12. The van der Waals surface area contributed by atoms with Gasteiger partial charge in [-0.2, -0.15) is 0 Å². The van der Waals surface area contributed by atoms with Gasteiger partial charge in [0.2, 0.25) is 0 Å². The Balaban J connectivity index is 2.05. The van der Waals surface area contributed by atoms with Crippen LogP contribution in [-0.4, -0.2) is 9.97 Å². The van der Waals surface area contributed by atoms with Crippen molar-refractivity contribution >= 4 is 23.2 Å². The number of aromatic nitrogens is 2. The lowest BCUT2D eigenvalue weighted by Gasteiger charge is -2.14. The van der Waals surface area contributed by atoms with Crippen LogP contribution in [0.4, 0.5) is 0 Å². The molecule has 0 radical (unpaired) electrons. The molecule has 1 aromatic carbocycles. The number of aryl methyl sites for hydroxylation is 2. The fraction of sp³-hybridized carbons (Fsp3) is 0.412. The maximum absolute atomic E-state index is 6.41. The summed E-state index contributed by atoms with van der Waals surface area (Å²) in [6, 6.07) is 6.20. The highest BCUT2D eigenvalue weighted by atomic mass is 35.5. The molecule has 1 aliphatic rings. The quantitative estimate of drug-likeness (QED) is 0.661. The van der Waals surface area contributed by atoms with E-state index in [0.29, 0.717) is 22.0 Å². The third-order valence-corrected chi connectivity index (χ3v) is 4.82. The molecule has 3 rings (SSSR count). The number of nitrogens with zero attached hydrogens (tertiary/aromatic N) is 2. The summed E-state index contributed by atoms with van der Waals surface area (Å²) in [7, 11) is 0. The number of benzene rings is 1. The minimum Gasteiger partial charge on any atom is -0.216 e. The average molecular weight is 321 g/mol. The van der Waals surface area contributed by atoms with E-state index in [9.17, 15) is 0 Å². The predicted molar refractivity (Wildman–Crippen MR) is 88.2 cm³/mol.